The van der Waals surface area contributed by atoms with E-state index in [1.54, 1.807) is 12.1 Å². The third kappa shape index (κ3) is 5.46. The molecule has 1 aromatic carbocycles. The van der Waals surface area contributed by atoms with Gasteiger partial charge in [0.05, 0.1) is 28.1 Å². The van der Waals surface area contributed by atoms with E-state index < -0.39 is 12.1 Å². The van der Waals surface area contributed by atoms with Crippen LogP contribution in [0.3, 0.4) is 0 Å². The minimum Gasteiger partial charge on any atom is -0.475 e. The summed E-state index contributed by atoms with van der Waals surface area (Å²) in [6.07, 6.45) is -5.08. The second kappa shape index (κ2) is 8.30. The molecule has 0 fully saturated rings. The number of hydrogen-bond acceptors (Lipinski definition) is 6. The summed E-state index contributed by atoms with van der Waals surface area (Å²) in [5.41, 5.74) is 4.75. The van der Waals surface area contributed by atoms with Crippen molar-refractivity contribution in [3.05, 3.63) is 46.9 Å². The molecular formula is C17H15F3N4O3S. The number of alkyl halides is 3. The number of carboxylic acid groups (broad SMARTS) is 1. The third-order valence-corrected chi connectivity index (χ3v) is 4.24. The van der Waals surface area contributed by atoms with E-state index >= 15 is 0 Å². The maximum absolute atomic E-state index is 12.2. The molecule has 3 aromatic rings. The number of aliphatic carboxylic acids is 1. The zero-order valence-electron chi connectivity index (χ0n) is 15.0. The number of rotatable bonds is 2. The molecule has 2 heterocycles. The normalized spacial score (nSPS) is 10.9. The summed E-state index contributed by atoms with van der Waals surface area (Å²) in [4.78, 5) is 30.1. The Kier molecular flexibility index (Phi) is 6.29. The summed E-state index contributed by atoms with van der Waals surface area (Å²) < 4.78 is 35.9. The van der Waals surface area contributed by atoms with E-state index in [-0.39, 0.29) is 5.91 Å². The lowest BCUT2D eigenvalue weighted by Crippen LogP contribution is -2.21. The predicted molar refractivity (Wildman–Crippen MR) is 97.5 cm³/mol. The van der Waals surface area contributed by atoms with Gasteiger partial charge < -0.3 is 10.4 Å². The van der Waals surface area contributed by atoms with Gasteiger partial charge in [0.15, 0.2) is 0 Å². The number of benzene rings is 1. The summed E-state index contributed by atoms with van der Waals surface area (Å²) in [5.74, 6) is -2.92. The lowest BCUT2D eigenvalue weighted by Gasteiger charge is -2.05. The van der Waals surface area contributed by atoms with E-state index in [0.29, 0.717) is 5.56 Å². The molecule has 0 unspecified atom stereocenters. The fourth-order valence-corrected chi connectivity index (χ4v) is 2.64. The van der Waals surface area contributed by atoms with E-state index in [0.717, 1.165) is 33.1 Å². The fraction of sp³-hybridized carbons (Fsp3) is 0.235. The summed E-state index contributed by atoms with van der Waals surface area (Å²) in [6, 6.07) is 7.19. The Morgan fingerprint density at radius 1 is 1.04 bits per heavy atom. The number of nitrogens with one attached hydrogen (secondary N) is 1. The summed E-state index contributed by atoms with van der Waals surface area (Å²) in [6.45, 7) is 5.73. The molecule has 0 aliphatic heterocycles. The Bertz CT molecular complexity index is 1030. The van der Waals surface area contributed by atoms with Gasteiger partial charge in [-0.2, -0.15) is 17.5 Å². The molecule has 2 N–H and O–H groups in total. The summed E-state index contributed by atoms with van der Waals surface area (Å²) >= 11 is 1.27. The second-order valence-electron chi connectivity index (χ2n) is 5.69. The number of aromatic nitrogens is 3. The predicted octanol–water partition coefficient (Wildman–Crippen LogP) is 3.90. The van der Waals surface area contributed by atoms with Gasteiger partial charge in [0, 0.05) is 5.56 Å². The second-order valence-corrected chi connectivity index (χ2v) is 6.49. The van der Waals surface area contributed by atoms with Crippen LogP contribution in [0.15, 0.2) is 24.3 Å². The molecular weight excluding hydrogens is 397 g/mol. The van der Waals surface area contributed by atoms with E-state index in [2.05, 4.69) is 19.7 Å². The Morgan fingerprint density at radius 3 is 2.11 bits per heavy atom. The van der Waals surface area contributed by atoms with E-state index in [1.165, 1.54) is 11.5 Å². The van der Waals surface area contributed by atoms with Gasteiger partial charge >= 0.3 is 12.1 Å². The highest BCUT2D eigenvalue weighted by molar-refractivity contribution is 7.10. The van der Waals surface area contributed by atoms with Crippen LogP contribution >= 0.6 is 11.5 Å². The number of aryl methyl sites for hydroxylation is 3. The van der Waals surface area contributed by atoms with Gasteiger partial charge in [0.25, 0.3) is 5.91 Å². The van der Waals surface area contributed by atoms with Crippen molar-refractivity contribution in [3.63, 3.8) is 0 Å². The molecule has 0 radical (unpaired) electrons. The highest BCUT2D eigenvalue weighted by atomic mass is 32.1. The van der Waals surface area contributed by atoms with E-state index in [4.69, 9.17) is 9.90 Å². The molecule has 1 amide bonds. The number of fused-ring (bicyclic) bond motifs is 1. The zero-order valence-corrected chi connectivity index (χ0v) is 15.8. The lowest BCUT2D eigenvalue weighted by molar-refractivity contribution is -0.192. The molecule has 0 saturated heterocycles. The fourth-order valence-electron chi connectivity index (χ4n) is 1.98. The highest BCUT2D eigenvalue weighted by Gasteiger charge is 2.38. The quantitative estimate of drug-likeness (QED) is 0.662. The van der Waals surface area contributed by atoms with Crippen molar-refractivity contribution in [2.45, 2.75) is 26.9 Å². The topological polar surface area (TPSA) is 105 Å². The third-order valence-electron chi connectivity index (χ3n) is 3.44. The average molecular weight is 412 g/mol. The smallest absolute Gasteiger partial charge is 0.475 e. The molecule has 2 aromatic heterocycles. The number of carboxylic acids is 1. The maximum Gasteiger partial charge on any atom is 0.490 e. The SMILES string of the molecule is Cc1cc(NC(=O)c2ccc3nc(C)c(C)nc3c2)sn1.O=C(O)C(F)(F)F. The Balaban J connectivity index is 0.000000345. The Hall–Kier alpha value is -3.08. The van der Waals surface area contributed by atoms with Crippen molar-refractivity contribution < 1.29 is 27.9 Å². The Labute approximate surface area is 161 Å². The highest BCUT2D eigenvalue weighted by Crippen LogP contribution is 2.19. The number of carbonyl (C=O) groups excluding carboxylic acids is 1. The van der Waals surface area contributed by atoms with E-state index in [1.807, 2.05) is 32.9 Å². The van der Waals surface area contributed by atoms with Crippen molar-refractivity contribution >= 4 is 39.4 Å². The molecule has 0 spiro atoms. The average Bonchev–Trinajstić information content (AvgIpc) is 3.00. The molecule has 11 heteroatoms. The summed E-state index contributed by atoms with van der Waals surface area (Å²) in [5, 5.41) is 10.7. The van der Waals surface area contributed by atoms with Crippen LogP contribution in [0, 0.1) is 20.8 Å². The van der Waals surface area contributed by atoms with Gasteiger partial charge in [-0.05, 0) is 56.6 Å². The molecule has 0 saturated carbocycles. The van der Waals surface area contributed by atoms with Gasteiger partial charge in [-0.25, -0.2) is 14.8 Å². The first-order chi connectivity index (χ1) is 13.0. The summed E-state index contributed by atoms with van der Waals surface area (Å²) in [7, 11) is 0. The number of amides is 1. The monoisotopic (exact) mass is 412 g/mol. The van der Waals surface area contributed by atoms with Crippen LogP contribution < -0.4 is 5.32 Å². The zero-order chi connectivity index (χ0) is 21.1. The molecule has 3 rings (SSSR count). The first-order valence-electron chi connectivity index (χ1n) is 7.77. The van der Waals surface area contributed by atoms with Gasteiger partial charge in [-0.15, -0.1) is 0 Å². The van der Waals surface area contributed by atoms with E-state index in [9.17, 15) is 18.0 Å². The molecule has 28 heavy (non-hydrogen) atoms. The van der Waals surface area contributed by atoms with Crippen LogP contribution in [-0.4, -0.2) is 37.5 Å². The van der Waals surface area contributed by atoms with Crippen LogP contribution in [0.25, 0.3) is 11.0 Å². The first-order valence-corrected chi connectivity index (χ1v) is 8.54. The molecule has 0 aliphatic carbocycles. The van der Waals surface area contributed by atoms with Crippen LogP contribution in [0.5, 0.6) is 0 Å². The van der Waals surface area contributed by atoms with Gasteiger partial charge in [-0.1, -0.05) is 0 Å². The lowest BCUT2D eigenvalue weighted by atomic mass is 10.1. The molecule has 0 atom stereocenters. The van der Waals surface area contributed by atoms with Crippen LogP contribution in [0.4, 0.5) is 18.2 Å². The standard InChI is InChI=1S/C15H14N4OS.C2HF3O2/c1-8-6-14(21-19-8)18-15(20)11-4-5-12-13(7-11)17-10(3)9(2)16-12;3-2(4,5)1(6)7/h4-7H,1-3H3,(H,18,20);(H,6,7). The minimum atomic E-state index is -5.08. The molecule has 148 valence electrons. The first kappa shape index (κ1) is 21.2. The Morgan fingerprint density at radius 2 is 1.61 bits per heavy atom. The molecule has 0 bridgehead atoms. The molecule has 7 nitrogen and oxygen atoms in total. The van der Waals surface area contributed by atoms with Crippen LogP contribution in [0.2, 0.25) is 0 Å². The molecule has 0 aliphatic rings. The van der Waals surface area contributed by atoms with Crippen molar-refractivity contribution in [1.29, 1.82) is 0 Å². The minimum absolute atomic E-state index is 0.166. The van der Waals surface area contributed by atoms with Crippen LogP contribution in [-0.2, 0) is 4.79 Å². The number of nitrogens with zero attached hydrogens (tertiary/aromatic N) is 3. The number of hydrogen-bond donors (Lipinski definition) is 2. The van der Waals surface area contributed by atoms with Gasteiger partial charge in [-0.3, -0.25) is 4.79 Å². The maximum atomic E-state index is 12.2. The van der Waals surface area contributed by atoms with Crippen molar-refractivity contribution in [2.24, 2.45) is 0 Å². The van der Waals surface area contributed by atoms with Crippen molar-refractivity contribution in [3.8, 4) is 0 Å². The number of carbonyl (C=O) groups is 2. The van der Waals surface area contributed by atoms with Crippen molar-refractivity contribution in [1.82, 2.24) is 14.3 Å². The number of anilines is 1. The number of halogens is 3. The van der Waals surface area contributed by atoms with Gasteiger partial charge in [0.1, 0.15) is 5.00 Å². The van der Waals surface area contributed by atoms with Crippen molar-refractivity contribution in [2.75, 3.05) is 5.32 Å². The van der Waals surface area contributed by atoms with Gasteiger partial charge in [0.2, 0.25) is 0 Å². The van der Waals surface area contributed by atoms with Crippen LogP contribution in [0.1, 0.15) is 27.4 Å². The largest absolute Gasteiger partial charge is 0.490 e.